The molecule has 6 nitrogen and oxygen atoms in total. The van der Waals surface area contributed by atoms with Gasteiger partial charge in [-0.3, -0.25) is 0 Å². The van der Waals surface area contributed by atoms with Gasteiger partial charge < -0.3 is 14.7 Å². The van der Waals surface area contributed by atoms with E-state index in [0.29, 0.717) is 43.5 Å². The molecule has 6 heteroatoms. The third-order valence-corrected chi connectivity index (χ3v) is 2.70. The summed E-state index contributed by atoms with van der Waals surface area (Å²) in [7, 11) is 0. The van der Waals surface area contributed by atoms with Crippen LogP contribution in [0.3, 0.4) is 0 Å². The van der Waals surface area contributed by atoms with E-state index in [1.165, 1.54) is 0 Å². The molecule has 2 aromatic heterocycles. The van der Waals surface area contributed by atoms with E-state index in [2.05, 4.69) is 15.1 Å². The van der Waals surface area contributed by atoms with E-state index in [4.69, 9.17) is 14.7 Å². The third kappa shape index (κ3) is 5.48. The van der Waals surface area contributed by atoms with Crippen LogP contribution in [0, 0.1) is 0 Å². The summed E-state index contributed by atoms with van der Waals surface area (Å²) in [6.45, 7) is 0.806. The van der Waals surface area contributed by atoms with Gasteiger partial charge in [0.1, 0.15) is 0 Å². The number of nitrogens with zero attached hydrogens (tertiary/aromatic N) is 3. The van der Waals surface area contributed by atoms with Gasteiger partial charge in [0.25, 0.3) is 0 Å². The van der Waals surface area contributed by atoms with E-state index in [0.717, 1.165) is 0 Å². The Morgan fingerprint density at radius 3 is 1.81 bits per heavy atom. The summed E-state index contributed by atoms with van der Waals surface area (Å²) in [6, 6.07) is 10.9. The van der Waals surface area contributed by atoms with Gasteiger partial charge in [0, 0.05) is 37.4 Å². The van der Waals surface area contributed by atoms with E-state index in [-0.39, 0.29) is 0 Å². The van der Waals surface area contributed by atoms with E-state index in [9.17, 15) is 0 Å². The first-order chi connectivity index (χ1) is 10.4. The smallest absolute Gasteiger partial charge is 0.213 e. The number of ether oxygens (including phenoxy) is 2. The number of rotatable bonds is 8. The topological polar surface area (TPSA) is 76.8 Å². The summed E-state index contributed by atoms with van der Waals surface area (Å²) in [5, 5.41) is 12.2. The molecule has 0 radical (unpaired) electrons. The van der Waals surface area contributed by atoms with Crippen molar-refractivity contribution in [3.05, 3.63) is 48.8 Å². The minimum Gasteiger partial charge on any atom is -0.477 e. The first-order valence-corrected chi connectivity index (χ1v) is 6.66. The van der Waals surface area contributed by atoms with Crippen molar-refractivity contribution in [1.82, 2.24) is 9.97 Å². The SMILES string of the molecule is ON=C(CCOc1ccccn1)CCOc1ccccn1. The fourth-order valence-corrected chi connectivity index (χ4v) is 1.64. The van der Waals surface area contributed by atoms with Crippen molar-refractivity contribution in [3.8, 4) is 11.8 Å². The molecule has 1 N–H and O–H groups in total. The van der Waals surface area contributed by atoms with Crippen LogP contribution in [0.25, 0.3) is 0 Å². The molecule has 0 aliphatic carbocycles. The van der Waals surface area contributed by atoms with E-state index < -0.39 is 0 Å². The summed E-state index contributed by atoms with van der Waals surface area (Å²) in [6.07, 6.45) is 4.35. The highest BCUT2D eigenvalue weighted by atomic mass is 16.5. The first-order valence-electron chi connectivity index (χ1n) is 6.66. The van der Waals surface area contributed by atoms with Crippen molar-refractivity contribution < 1.29 is 14.7 Å². The van der Waals surface area contributed by atoms with Gasteiger partial charge in [-0.25, -0.2) is 9.97 Å². The molecule has 0 atom stereocenters. The van der Waals surface area contributed by atoms with Crippen LogP contribution in [-0.4, -0.2) is 34.1 Å². The molecule has 0 aromatic carbocycles. The Morgan fingerprint density at radius 1 is 0.905 bits per heavy atom. The van der Waals surface area contributed by atoms with Gasteiger partial charge in [-0.1, -0.05) is 17.3 Å². The quantitative estimate of drug-likeness (QED) is 0.458. The Bertz CT molecular complexity index is 499. The monoisotopic (exact) mass is 287 g/mol. The number of hydrogen-bond acceptors (Lipinski definition) is 6. The number of pyridine rings is 2. The van der Waals surface area contributed by atoms with Gasteiger partial charge >= 0.3 is 0 Å². The third-order valence-electron chi connectivity index (χ3n) is 2.70. The predicted molar refractivity (Wildman–Crippen MR) is 77.9 cm³/mol. The summed E-state index contributed by atoms with van der Waals surface area (Å²) in [5.41, 5.74) is 0.613. The first kappa shape index (κ1) is 14.8. The maximum atomic E-state index is 8.97. The Labute approximate surface area is 123 Å². The van der Waals surface area contributed by atoms with Crippen LogP contribution >= 0.6 is 0 Å². The van der Waals surface area contributed by atoms with Gasteiger partial charge in [0.15, 0.2) is 0 Å². The van der Waals surface area contributed by atoms with Crippen molar-refractivity contribution in [2.24, 2.45) is 5.16 Å². The zero-order valence-electron chi connectivity index (χ0n) is 11.6. The second-order valence-corrected chi connectivity index (χ2v) is 4.20. The molecule has 0 bridgehead atoms. The van der Waals surface area contributed by atoms with Crippen LogP contribution in [-0.2, 0) is 0 Å². The molecule has 0 amide bonds. The largest absolute Gasteiger partial charge is 0.477 e. The lowest BCUT2D eigenvalue weighted by atomic mass is 10.2. The molecule has 2 heterocycles. The summed E-state index contributed by atoms with van der Waals surface area (Å²) < 4.78 is 10.9. The summed E-state index contributed by atoms with van der Waals surface area (Å²) >= 11 is 0. The fourth-order valence-electron chi connectivity index (χ4n) is 1.64. The zero-order valence-corrected chi connectivity index (χ0v) is 11.6. The molecule has 0 fully saturated rings. The Morgan fingerprint density at radius 2 is 1.43 bits per heavy atom. The summed E-state index contributed by atoms with van der Waals surface area (Å²) in [5.74, 6) is 1.11. The maximum absolute atomic E-state index is 8.97. The molecular formula is C15H17N3O3. The van der Waals surface area contributed by atoms with Crippen LogP contribution < -0.4 is 9.47 Å². The Balaban J connectivity index is 1.67. The fraction of sp³-hybridized carbons (Fsp3) is 0.267. The minimum absolute atomic E-state index is 0.403. The van der Waals surface area contributed by atoms with Gasteiger partial charge in [-0.15, -0.1) is 0 Å². The van der Waals surface area contributed by atoms with Crippen molar-refractivity contribution in [1.29, 1.82) is 0 Å². The standard InChI is InChI=1S/C15H17N3O3/c19-18-13(7-11-20-14-5-1-3-9-16-14)8-12-21-15-6-2-4-10-17-15/h1-6,9-10,19H,7-8,11-12H2. The van der Waals surface area contributed by atoms with Crippen molar-refractivity contribution >= 4 is 5.71 Å². The number of aromatic nitrogens is 2. The molecular weight excluding hydrogens is 270 g/mol. The highest BCUT2D eigenvalue weighted by Gasteiger charge is 2.03. The van der Waals surface area contributed by atoms with E-state index in [1.807, 2.05) is 24.3 Å². The normalized spacial score (nSPS) is 9.90. The predicted octanol–water partition coefficient (Wildman–Crippen LogP) is 2.54. The van der Waals surface area contributed by atoms with Crippen molar-refractivity contribution in [2.75, 3.05) is 13.2 Å². The molecule has 0 saturated carbocycles. The molecule has 21 heavy (non-hydrogen) atoms. The highest BCUT2D eigenvalue weighted by molar-refractivity contribution is 5.84. The van der Waals surface area contributed by atoms with Crippen molar-refractivity contribution in [2.45, 2.75) is 12.8 Å². The van der Waals surface area contributed by atoms with Crippen molar-refractivity contribution in [3.63, 3.8) is 0 Å². The van der Waals surface area contributed by atoms with Crippen LogP contribution in [0.1, 0.15) is 12.8 Å². The lowest BCUT2D eigenvalue weighted by molar-refractivity contribution is 0.288. The Kier molecular flexibility index (Phi) is 6.00. The van der Waals surface area contributed by atoms with Gasteiger partial charge in [0.05, 0.1) is 18.9 Å². The number of hydrogen-bond donors (Lipinski definition) is 1. The van der Waals surface area contributed by atoms with E-state index in [1.54, 1.807) is 24.5 Å². The molecule has 0 aliphatic rings. The zero-order chi connectivity index (χ0) is 14.8. The highest BCUT2D eigenvalue weighted by Crippen LogP contribution is 2.06. The average molecular weight is 287 g/mol. The minimum atomic E-state index is 0.403. The Hall–Kier alpha value is -2.63. The van der Waals surface area contributed by atoms with Gasteiger partial charge in [-0.2, -0.15) is 0 Å². The van der Waals surface area contributed by atoms with E-state index >= 15 is 0 Å². The molecule has 2 aromatic rings. The van der Waals surface area contributed by atoms with Crippen LogP contribution in [0.4, 0.5) is 0 Å². The van der Waals surface area contributed by atoms with Crippen LogP contribution in [0.15, 0.2) is 53.9 Å². The second kappa shape index (κ2) is 8.52. The number of oxime groups is 1. The molecule has 0 spiro atoms. The van der Waals surface area contributed by atoms with Gasteiger partial charge in [-0.05, 0) is 12.1 Å². The lowest BCUT2D eigenvalue weighted by Gasteiger charge is -2.07. The molecule has 0 saturated heterocycles. The summed E-state index contributed by atoms with van der Waals surface area (Å²) in [4.78, 5) is 8.09. The average Bonchev–Trinajstić information content (AvgIpc) is 2.55. The molecule has 0 aliphatic heterocycles. The molecule has 2 rings (SSSR count). The lowest BCUT2D eigenvalue weighted by Crippen LogP contribution is -2.11. The molecule has 0 unspecified atom stereocenters. The molecule has 110 valence electrons. The van der Waals surface area contributed by atoms with Crippen LogP contribution in [0.5, 0.6) is 11.8 Å². The maximum Gasteiger partial charge on any atom is 0.213 e. The van der Waals surface area contributed by atoms with Crippen LogP contribution in [0.2, 0.25) is 0 Å². The van der Waals surface area contributed by atoms with Gasteiger partial charge in [0.2, 0.25) is 11.8 Å². The second-order valence-electron chi connectivity index (χ2n) is 4.20.